The monoisotopic (exact) mass is 288 g/mol. The van der Waals surface area contributed by atoms with Crippen LogP contribution in [0.4, 0.5) is 0 Å². The molecule has 0 saturated heterocycles. The Kier molecular flexibility index (Phi) is 4.43. The topological polar surface area (TPSA) is 35.5 Å². The van der Waals surface area contributed by atoms with Crippen molar-refractivity contribution in [1.82, 2.24) is 0 Å². The Morgan fingerprint density at radius 3 is 2.00 bits per heavy atom. The Morgan fingerprint density at radius 1 is 1.00 bits per heavy atom. The van der Waals surface area contributed by atoms with E-state index >= 15 is 0 Å². The predicted octanol–water partition coefficient (Wildman–Crippen LogP) is 4.32. The van der Waals surface area contributed by atoms with Gasteiger partial charge >= 0.3 is 5.97 Å². The first kappa shape index (κ1) is 14.2. The number of hydrogen-bond acceptors (Lipinski definition) is 3. The van der Waals surface area contributed by atoms with Crippen LogP contribution in [0.2, 0.25) is 5.02 Å². The molecule has 0 unspecified atom stereocenters. The third kappa shape index (κ3) is 3.39. The molecule has 4 heteroatoms. The Morgan fingerprint density at radius 2 is 1.50 bits per heavy atom. The van der Waals surface area contributed by atoms with Crippen LogP contribution < -0.4 is 4.74 Å². The molecule has 0 aliphatic rings. The molecule has 0 spiro atoms. The summed E-state index contributed by atoms with van der Waals surface area (Å²) >= 11 is 5.80. The summed E-state index contributed by atoms with van der Waals surface area (Å²) in [7, 11) is 1.32. The highest BCUT2D eigenvalue weighted by Gasteiger charge is 2.09. The molecule has 2 rings (SSSR count). The number of carbonyl (C=O) groups is 1. The largest absolute Gasteiger partial charge is 0.465 e. The van der Waals surface area contributed by atoms with Gasteiger partial charge in [-0.25, -0.2) is 4.79 Å². The lowest BCUT2D eigenvalue weighted by Gasteiger charge is -2.07. The second-order valence-corrected chi connectivity index (χ2v) is 4.49. The van der Waals surface area contributed by atoms with Gasteiger partial charge in [-0.1, -0.05) is 30.3 Å². The molecule has 20 heavy (non-hydrogen) atoms. The van der Waals surface area contributed by atoms with E-state index < -0.39 is 5.97 Å². The third-order valence-corrected chi connectivity index (χ3v) is 2.94. The lowest BCUT2D eigenvalue weighted by atomic mass is 10.1. The van der Waals surface area contributed by atoms with Crippen LogP contribution in [0.15, 0.2) is 55.1 Å². The van der Waals surface area contributed by atoms with Gasteiger partial charge in [0.1, 0.15) is 11.5 Å². The Bertz CT molecular complexity index is 615. The van der Waals surface area contributed by atoms with Gasteiger partial charge < -0.3 is 9.47 Å². The summed E-state index contributed by atoms with van der Waals surface area (Å²) in [5, 5.41) is 0.655. The van der Waals surface area contributed by atoms with Gasteiger partial charge in [0.05, 0.1) is 12.7 Å². The van der Waals surface area contributed by atoms with E-state index in [1.807, 2.05) is 0 Å². The van der Waals surface area contributed by atoms with E-state index in [2.05, 4.69) is 11.3 Å². The van der Waals surface area contributed by atoms with Crippen LogP contribution in [-0.4, -0.2) is 13.1 Å². The molecular formula is C16H13ClO3. The Balaban J connectivity index is 2.10. The average molecular weight is 289 g/mol. The maximum Gasteiger partial charge on any atom is 0.337 e. The first-order valence-corrected chi connectivity index (χ1v) is 6.29. The van der Waals surface area contributed by atoms with E-state index in [0.29, 0.717) is 27.7 Å². The van der Waals surface area contributed by atoms with Crippen LogP contribution in [0.5, 0.6) is 11.5 Å². The summed E-state index contributed by atoms with van der Waals surface area (Å²) in [6.45, 7) is 3.69. The molecule has 0 amide bonds. The van der Waals surface area contributed by atoms with Crippen LogP contribution in [-0.2, 0) is 9.53 Å². The molecule has 3 nitrogen and oxygen atoms in total. The number of hydrogen-bond donors (Lipinski definition) is 0. The number of ether oxygens (including phenoxy) is 2. The number of esters is 1. The summed E-state index contributed by atoms with van der Waals surface area (Å²) in [4.78, 5) is 11.4. The van der Waals surface area contributed by atoms with Crippen molar-refractivity contribution < 1.29 is 14.3 Å². The maximum atomic E-state index is 11.4. The SMILES string of the molecule is C=C(C(=O)OC)c1ccc(Oc2ccc(Cl)cc2)cc1. The third-order valence-electron chi connectivity index (χ3n) is 2.68. The summed E-state index contributed by atoms with van der Waals surface area (Å²) in [6.07, 6.45) is 0. The fraction of sp³-hybridized carbons (Fsp3) is 0.0625. The van der Waals surface area contributed by atoms with E-state index in [-0.39, 0.29) is 0 Å². The van der Waals surface area contributed by atoms with Gasteiger partial charge in [0.15, 0.2) is 0 Å². The Labute approximate surface area is 122 Å². The molecule has 102 valence electrons. The summed E-state index contributed by atoms with van der Waals surface area (Å²) in [5.41, 5.74) is 1.01. The van der Waals surface area contributed by atoms with Gasteiger partial charge in [0.25, 0.3) is 0 Å². The van der Waals surface area contributed by atoms with Crippen LogP contribution in [0.1, 0.15) is 5.56 Å². The van der Waals surface area contributed by atoms with Crippen molar-refractivity contribution in [3.63, 3.8) is 0 Å². The molecule has 0 aliphatic heterocycles. The lowest BCUT2D eigenvalue weighted by Crippen LogP contribution is -2.02. The van der Waals surface area contributed by atoms with E-state index in [9.17, 15) is 4.79 Å². The average Bonchev–Trinajstić information content (AvgIpc) is 2.49. The lowest BCUT2D eigenvalue weighted by molar-refractivity contribution is -0.133. The molecule has 0 bridgehead atoms. The van der Waals surface area contributed by atoms with Gasteiger partial charge in [-0.15, -0.1) is 0 Å². The highest BCUT2D eigenvalue weighted by Crippen LogP contribution is 2.24. The Hall–Kier alpha value is -2.26. The van der Waals surface area contributed by atoms with Gasteiger partial charge in [0, 0.05) is 5.02 Å². The molecule has 0 N–H and O–H groups in total. The standard InChI is InChI=1S/C16H13ClO3/c1-11(16(18)19-2)12-3-7-14(8-4-12)20-15-9-5-13(17)6-10-15/h3-10H,1H2,2H3. The van der Waals surface area contributed by atoms with Crippen LogP contribution in [0, 0.1) is 0 Å². The van der Waals surface area contributed by atoms with Crippen LogP contribution in [0.25, 0.3) is 5.57 Å². The number of benzene rings is 2. The van der Waals surface area contributed by atoms with Crippen molar-refractivity contribution in [2.75, 3.05) is 7.11 Å². The number of halogens is 1. The zero-order valence-electron chi connectivity index (χ0n) is 10.9. The molecule has 0 aliphatic carbocycles. The minimum atomic E-state index is -0.448. The summed E-state index contributed by atoms with van der Waals surface area (Å²) in [5.74, 6) is 0.902. The molecule has 2 aromatic carbocycles. The van der Waals surface area contributed by atoms with Crippen molar-refractivity contribution in [1.29, 1.82) is 0 Å². The van der Waals surface area contributed by atoms with Crippen molar-refractivity contribution in [2.24, 2.45) is 0 Å². The van der Waals surface area contributed by atoms with Crippen molar-refractivity contribution in [2.45, 2.75) is 0 Å². The highest BCUT2D eigenvalue weighted by atomic mass is 35.5. The van der Waals surface area contributed by atoms with Crippen molar-refractivity contribution in [3.05, 3.63) is 65.7 Å². The van der Waals surface area contributed by atoms with E-state index in [1.165, 1.54) is 7.11 Å². The molecule has 0 atom stereocenters. The van der Waals surface area contributed by atoms with E-state index in [4.69, 9.17) is 16.3 Å². The second-order valence-electron chi connectivity index (χ2n) is 4.05. The normalized spacial score (nSPS) is 9.90. The number of methoxy groups -OCH3 is 1. The fourth-order valence-corrected chi connectivity index (χ4v) is 1.73. The smallest absolute Gasteiger partial charge is 0.337 e. The van der Waals surface area contributed by atoms with Gasteiger partial charge in [-0.05, 0) is 42.0 Å². The van der Waals surface area contributed by atoms with Gasteiger partial charge in [-0.3, -0.25) is 0 Å². The zero-order valence-corrected chi connectivity index (χ0v) is 11.7. The minimum Gasteiger partial charge on any atom is -0.465 e. The van der Waals surface area contributed by atoms with Crippen molar-refractivity contribution in [3.8, 4) is 11.5 Å². The summed E-state index contributed by atoms with van der Waals surface area (Å²) in [6, 6.07) is 14.1. The minimum absolute atomic E-state index is 0.311. The molecule has 0 saturated carbocycles. The van der Waals surface area contributed by atoms with Gasteiger partial charge in [-0.2, -0.15) is 0 Å². The quantitative estimate of drug-likeness (QED) is 0.621. The molecule has 2 aromatic rings. The summed E-state index contributed by atoms with van der Waals surface area (Å²) < 4.78 is 10.3. The number of rotatable bonds is 4. The molecule has 0 heterocycles. The van der Waals surface area contributed by atoms with Crippen molar-refractivity contribution >= 4 is 23.1 Å². The molecule has 0 fully saturated rings. The molecule has 0 radical (unpaired) electrons. The van der Waals surface area contributed by atoms with E-state index in [0.717, 1.165) is 0 Å². The molecule has 0 aromatic heterocycles. The molecular weight excluding hydrogens is 276 g/mol. The maximum absolute atomic E-state index is 11.4. The van der Waals surface area contributed by atoms with Gasteiger partial charge in [0.2, 0.25) is 0 Å². The predicted molar refractivity (Wildman–Crippen MR) is 79.0 cm³/mol. The zero-order chi connectivity index (χ0) is 14.5. The van der Waals surface area contributed by atoms with Crippen LogP contribution >= 0.6 is 11.6 Å². The highest BCUT2D eigenvalue weighted by molar-refractivity contribution is 6.30. The number of carbonyl (C=O) groups excluding carboxylic acids is 1. The second kappa shape index (κ2) is 6.26. The fourth-order valence-electron chi connectivity index (χ4n) is 1.60. The first-order valence-electron chi connectivity index (χ1n) is 5.91. The van der Waals surface area contributed by atoms with E-state index in [1.54, 1.807) is 48.5 Å². The first-order chi connectivity index (χ1) is 9.60. The van der Waals surface area contributed by atoms with Crippen LogP contribution in [0.3, 0.4) is 0 Å².